The van der Waals surface area contributed by atoms with Gasteiger partial charge in [-0.1, -0.05) is 30.0 Å². The predicted molar refractivity (Wildman–Crippen MR) is 122 cm³/mol. The molecule has 0 spiro atoms. The van der Waals surface area contributed by atoms with Crippen LogP contribution in [0.3, 0.4) is 0 Å². The second-order valence-electron chi connectivity index (χ2n) is 8.01. The van der Waals surface area contributed by atoms with Crippen molar-refractivity contribution in [1.82, 2.24) is 15.7 Å². The van der Waals surface area contributed by atoms with Crippen molar-refractivity contribution in [2.24, 2.45) is 0 Å². The molecule has 8 nitrogen and oxygen atoms in total. The average molecular weight is 447 g/mol. The van der Waals surface area contributed by atoms with Crippen molar-refractivity contribution in [3.05, 3.63) is 71.3 Å². The van der Waals surface area contributed by atoms with E-state index in [9.17, 15) is 19.5 Å². The molecule has 0 aliphatic heterocycles. The van der Waals surface area contributed by atoms with Gasteiger partial charge in [-0.15, -0.1) is 0 Å². The van der Waals surface area contributed by atoms with Crippen molar-refractivity contribution < 1.29 is 24.7 Å². The molecule has 2 aromatic rings. The molecule has 0 fully saturated rings. The Hall–Kier alpha value is -4.27. The molecule has 1 unspecified atom stereocenters. The largest absolute Gasteiger partial charge is 0.465 e. The number of carboxylic acid groups (broad SMARTS) is 1. The Morgan fingerprint density at radius 2 is 1.48 bits per heavy atom. The number of nitrogens with zero attached hydrogens (tertiary/aromatic N) is 1. The summed E-state index contributed by atoms with van der Waals surface area (Å²) in [5.41, 5.74) is 2.37. The fourth-order valence-electron chi connectivity index (χ4n) is 2.77. The molecular weight excluding hydrogens is 422 g/mol. The fourth-order valence-corrected chi connectivity index (χ4v) is 2.77. The molecule has 2 rings (SSSR count). The van der Waals surface area contributed by atoms with Crippen molar-refractivity contribution in [3.63, 3.8) is 0 Å². The highest BCUT2D eigenvalue weighted by atomic mass is 16.5. The summed E-state index contributed by atoms with van der Waals surface area (Å²) in [5.74, 6) is 9.77. The number of carbonyl (C=O) groups excluding carboxylic acids is 2. The summed E-state index contributed by atoms with van der Waals surface area (Å²) in [7, 11) is 0. The second kappa shape index (κ2) is 11.4. The Balaban J connectivity index is 2.10. The van der Waals surface area contributed by atoms with Gasteiger partial charge in [-0.25, -0.2) is 10.3 Å². The lowest BCUT2D eigenvalue weighted by atomic mass is 10.0. The van der Waals surface area contributed by atoms with E-state index in [1.165, 1.54) is 17.6 Å². The lowest BCUT2D eigenvalue weighted by Gasteiger charge is -2.35. The van der Waals surface area contributed by atoms with E-state index < -0.39 is 29.5 Å². The van der Waals surface area contributed by atoms with Gasteiger partial charge in [-0.2, -0.15) is 0 Å². The van der Waals surface area contributed by atoms with E-state index in [-0.39, 0.29) is 12.1 Å². The molecule has 0 bridgehead atoms. The van der Waals surface area contributed by atoms with Gasteiger partial charge in [0.2, 0.25) is 0 Å². The van der Waals surface area contributed by atoms with Gasteiger partial charge in [0.15, 0.2) is 0 Å². The van der Waals surface area contributed by atoms with Crippen LogP contribution < -0.4 is 10.8 Å². The molecule has 0 aliphatic rings. The zero-order valence-electron chi connectivity index (χ0n) is 18.5. The lowest BCUT2D eigenvalue weighted by Crippen LogP contribution is -2.57. The first-order valence-electron chi connectivity index (χ1n) is 10.0. The van der Waals surface area contributed by atoms with Gasteiger partial charge in [0.1, 0.15) is 6.04 Å². The van der Waals surface area contributed by atoms with Crippen LogP contribution in [-0.4, -0.2) is 51.2 Å². The highest BCUT2D eigenvalue weighted by Crippen LogP contribution is 2.14. The van der Waals surface area contributed by atoms with Crippen LogP contribution in [0, 0.1) is 23.7 Å². The van der Waals surface area contributed by atoms with Crippen LogP contribution in [0.5, 0.6) is 0 Å². The van der Waals surface area contributed by atoms with Crippen molar-refractivity contribution in [2.75, 3.05) is 6.54 Å². The van der Waals surface area contributed by atoms with Crippen LogP contribution in [0.2, 0.25) is 0 Å². The lowest BCUT2D eigenvalue weighted by molar-refractivity contribution is -0.131. The number of carbonyl (C=O) groups is 3. The minimum absolute atomic E-state index is 0.240. The molecule has 170 valence electrons. The number of hydrogen-bond acceptors (Lipinski definition) is 4. The third-order valence-corrected chi connectivity index (χ3v) is 4.53. The van der Waals surface area contributed by atoms with Gasteiger partial charge in [-0.3, -0.25) is 14.8 Å². The molecule has 0 saturated heterocycles. The SMILES string of the molecule is CC(C)(C)N(CC(NC(=O)c1ccc(C#CC#Cc2ccccc2)cc1)C(=O)NO)C(=O)O. The van der Waals surface area contributed by atoms with Crippen molar-refractivity contribution in [1.29, 1.82) is 0 Å². The number of rotatable bonds is 5. The molecule has 0 aliphatic carbocycles. The number of hydroxylamine groups is 1. The summed E-state index contributed by atoms with van der Waals surface area (Å²) >= 11 is 0. The minimum atomic E-state index is -1.30. The maximum absolute atomic E-state index is 12.6. The normalized spacial score (nSPS) is 11.0. The summed E-state index contributed by atoms with van der Waals surface area (Å²) in [6, 6.07) is 14.4. The fraction of sp³-hybridized carbons (Fsp3) is 0.240. The molecule has 0 radical (unpaired) electrons. The number of benzene rings is 2. The molecule has 0 saturated carbocycles. The number of nitrogens with one attached hydrogen (secondary N) is 2. The van der Waals surface area contributed by atoms with Crippen LogP contribution >= 0.6 is 0 Å². The molecule has 8 heteroatoms. The van der Waals surface area contributed by atoms with Crippen molar-refractivity contribution in [2.45, 2.75) is 32.4 Å². The Morgan fingerprint density at radius 1 is 0.939 bits per heavy atom. The van der Waals surface area contributed by atoms with Crippen LogP contribution in [0.15, 0.2) is 54.6 Å². The maximum atomic E-state index is 12.6. The molecule has 0 aromatic heterocycles. The van der Waals surface area contributed by atoms with Crippen LogP contribution in [-0.2, 0) is 4.79 Å². The van der Waals surface area contributed by atoms with Gasteiger partial charge in [-0.05, 0) is 69.0 Å². The smallest absolute Gasteiger partial charge is 0.407 e. The van der Waals surface area contributed by atoms with E-state index in [4.69, 9.17) is 5.21 Å². The van der Waals surface area contributed by atoms with E-state index in [1.807, 2.05) is 30.3 Å². The molecular formula is C25H25N3O5. The van der Waals surface area contributed by atoms with Gasteiger partial charge >= 0.3 is 6.09 Å². The zero-order valence-corrected chi connectivity index (χ0v) is 18.5. The van der Waals surface area contributed by atoms with E-state index in [1.54, 1.807) is 32.9 Å². The zero-order chi connectivity index (χ0) is 24.4. The molecule has 1 atom stereocenters. The highest BCUT2D eigenvalue weighted by Gasteiger charge is 2.32. The second-order valence-corrected chi connectivity index (χ2v) is 8.01. The van der Waals surface area contributed by atoms with Gasteiger partial charge in [0, 0.05) is 22.2 Å². The summed E-state index contributed by atoms with van der Waals surface area (Å²) in [4.78, 5) is 37.2. The minimum Gasteiger partial charge on any atom is -0.465 e. The monoisotopic (exact) mass is 447 g/mol. The van der Waals surface area contributed by atoms with Crippen LogP contribution in [0.25, 0.3) is 0 Å². The van der Waals surface area contributed by atoms with Crippen molar-refractivity contribution in [3.8, 4) is 23.7 Å². The van der Waals surface area contributed by atoms with Crippen molar-refractivity contribution >= 4 is 17.9 Å². The molecule has 33 heavy (non-hydrogen) atoms. The number of hydrogen-bond donors (Lipinski definition) is 4. The quantitative estimate of drug-likeness (QED) is 0.319. The summed E-state index contributed by atoms with van der Waals surface area (Å²) in [5, 5.41) is 20.9. The first kappa shape index (κ1) is 25.0. The van der Waals surface area contributed by atoms with E-state index in [2.05, 4.69) is 29.0 Å². The first-order chi connectivity index (χ1) is 15.6. The molecule has 3 amide bonds. The maximum Gasteiger partial charge on any atom is 0.407 e. The third kappa shape index (κ3) is 7.73. The Labute approximate surface area is 192 Å². The van der Waals surface area contributed by atoms with E-state index in [0.29, 0.717) is 5.56 Å². The topological polar surface area (TPSA) is 119 Å². The predicted octanol–water partition coefficient (Wildman–Crippen LogP) is 2.47. The molecule has 0 heterocycles. The Bertz CT molecular complexity index is 1110. The molecule has 4 N–H and O–H groups in total. The first-order valence-corrected chi connectivity index (χ1v) is 10.0. The Morgan fingerprint density at radius 3 is 1.97 bits per heavy atom. The third-order valence-electron chi connectivity index (χ3n) is 4.53. The Kier molecular flexibility index (Phi) is 8.62. The van der Waals surface area contributed by atoms with E-state index in [0.717, 1.165) is 10.5 Å². The highest BCUT2D eigenvalue weighted by molar-refractivity contribution is 5.97. The standard InChI is InChI=1S/C25H25N3O5/c1-25(2,3)28(24(31)32)17-21(23(30)27-33)26-22(29)20-15-13-19(14-16-20)12-8-7-11-18-9-5-4-6-10-18/h4-6,9-10,13-16,21,33H,17H2,1-3H3,(H,26,29)(H,27,30)(H,31,32). The summed E-state index contributed by atoms with van der Waals surface area (Å²) < 4.78 is 0. The summed E-state index contributed by atoms with van der Waals surface area (Å²) in [6.45, 7) is 4.61. The van der Waals surface area contributed by atoms with Crippen LogP contribution in [0.4, 0.5) is 4.79 Å². The molecule has 2 aromatic carbocycles. The number of amides is 3. The van der Waals surface area contributed by atoms with Gasteiger partial charge in [0.05, 0.1) is 6.54 Å². The van der Waals surface area contributed by atoms with Gasteiger partial charge < -0.3 is 15.3 Å². The van der Waals surface area contributed by atoms with Crippen LogP contribution in [0.1, 0.15) is 42.3 Å². The summed E-state index contributed by atoms with van der Waals surface area (Å²) in [6.07, 6.45) is -1.26. The van der Waals surface area contributed by atoms with Gasteiger partial charge in [0.25, 0.3) is 11.8 Å². The average Bonchev–Trinajstić information content (AvgIpc) is 2.78. The van der Waals surface area contributed by atoms with E-state index >= 15 is 0 Å².